The van der Waals surface area contributed by atoms with Crippen molar-refractivity contribution in [3.05, 3.63) is 0 Å². The second-order valence-corrected chi connectivity index (χ2v) is 8.44. The Hall–Kier alpha value is -0.505. The number of amides is 1. The molecular weight excluding hydrogens is 271 g/mol. The van der Waals surface area contributed by atoms with Crippen LogP contribution in [-0.2, 0) is 4.79 Å². The van der Waals surface area contributed by atoms with Crippen LogP contribution in [0.15, 0.2) is 0 Å². The van der Waals surface area contributed by atoms with Gasteiger partial charge in [-0.05, 0) is 44.5 Å². The van der Waals surface area contributed by atoms with Gasteiger partial charge in [0, 0.05) is 24.5 Å². The number of carbonyl (C=O) groups excluding carboxylic acids is 1. The van der Waals surface area contributed by atoms with E-state index in [9.17, 15) is 4.79 Å². The maximum absolute atomic E-state index is 12.5. The molecule has 3 atom stereocenters. The Morgan fingerprint density at radius 3 is 2.50 bits per heavy atom. The van der Waals surface area contributed by atoms with Gasteiger partial charge in [-0.2, -0.15) is 0 Å². The second kappa shape index (κ2) is 7.38. The summed E-state index contributed by atoms with van der Waals surface area (Å²) in [6.07, 6.45) is 9.60. The largest absolute Gasteiger partial charge is 0.337 e. The molecule has 1 aliphatic carbocycles. The molecule has 2 fully saturated rings. The molecule has 1 N–H and O–H groups in total. The van der Waals surface area contributed by atoms with E-state index >= 15 is 0 Å². The molecule has 126 valence electrons. The number of likely N-dealkylation sites (tertiary alicyclic amines) is 1. The fraction of sp³-hybridized carbons (Fsp3) is 0.944. The van der Waals surface area contributed by atoms with E-state index in [1.165, 1.54) is 38.5 Å². The van der Waals surface area contributed by atoms with Crippen molar-refractivity contribution >= 4 is 13.8 Å². The molecule has 1 saturated heterocycles. The Balaban J connectivity index is 2.18. The maximum Gasteiger partial charge on any atom is 0.223 e. The predicted octanol–water partition coefficient (Wildman–Crippen LogP) is 2.68. The fourth-order valence-corrected chi connectivity index (χ4v) is 4.86. The first-order valence-corrected chi connectivity index (χ1v) is 9.41. The van der Waals surface area contributed by atoms with Crippen molar-refractivity contribution in [2.45, 2.75) is 103 Å². The van der Waals surface area contributed by atoms with Gasteiger partial charge in [-0.25, -0.2) is 0 Å². The number of rotatable bonds is 3. The third kappa shape index (κ3) is 4.28. The van der Waals surface area contributed by atoms with Crippen LogP contribution in [-0.4, -0.2) is 42.2 Å². The minimum atomic E-state index is 0.182. The van der Waals surface area contributed by atoms with E-state index in [4.69, 9.17) is 0 Å². The zero-order chi connectivity index (χ0) is 16.3. The summed E-state index contributed by atoms with van der Waals surface area (Å²) in [7, 11) is 2.38. The summed E-state index contributed by atoms with van der Waals surface area (Å²) in [5, 5.41) is 3.82. The molecule has 1 heterocycles. The summed E-state index contributed by atoms with van der Waals surface area (Å²) in [6.45, 7) is 8.82. The first kappa shape index (κ1) is 17.8. The highest BCUT2D eigenvalue weighted by molar-refractivity contribution is 6.15. The van der Waals surface area contributed by atoms with Crippen LogP contribution in [0.4, 0.5) is 0 Å². The van der Waals surface area contributed by atoms with Gasteiger partial charge in [-0.1, -0.05) is 39.5 Å². The van der Waals surface area contributed by atoms with E-state index in [1.54, 1.807) is 0 Å². The van der Waals surface area contributed by atoms with Gasteiger partial charge < -0.3 is 10.2 Å². The monoisotopic (exact) mass is 306 g/mol. The second-order valence-electron chi connectivity index (χ2n) is 8.44. The standard InChI is InChI=1S/C18H35BN2O/c1-13(2)20-18(19)10-8-6-5-7-9-16-15(12-18)11-17(22)21(16)14(3)4/h13-16,20H,5-12,19H2,1-4H3. The van der Waals surface area contributed by atoms with Crippen LogP contribution >= 0.6 is 0 Å². The molecule has 22 heavy (non-hydrogen) atoms. The lowest BCUT2D eigenvalue weighted by Crippen LogP contribution is -2.52. The van der Waals surface area contributed by atoms with Gasteiger partial charge in [0.1, 0.15) is 7.85 Å². The molecule has 0 spiro atoms. The van der Waals surface area contributed by atoms with Crippen LogP contribution in [0.1, 0.15) is 79.1 Å². The Bertz CT molecular complexity index is 385. The van der Waals surface area contributed by atoms with Gasteiger partial charge in [0.15, 0.2) is 0 Å². The maximum atomic E-state index is 12.5. The Morgan fingerprint density at radius 2 is 1.86 bits per heavy atom. The number of hydrogen-bond acceptors (Lipinski definition) is 2. The third-order valence-corrected chi connectivity index (χ3v) is 5.51. The Labute approximate surface area is 138 Å². The van der Waals surface area contributed by atoms with Crippen molar-refractivity contribution in [3.8, 4) is 0 Å². The molecule has 0 aromatic rings. The Kier molecular flexibility index (Phi) is 5.98. The van der Waals surface area contributed by atoms with E-state index in [2.05, 4.69) is 45.8 Å². The van der Waals surface area contributed by atoms with Gasteiger partial charge >= 0.3 is 0 Å². The molecule has 4 heteroatoms. The summed E-state index contributed by atoms with van der Waals surface area (Å²) in [4.78, 5) is 14.7. The summed E-state index contributed by atoms with van der Waals surface area (Å²) in [6, 6.07) is 1.32. The van der Waals surface area contributed by atoms with E-state index in [-0.39, 0.29) is 5.44 Å². The van der Waals surface area contributed by atoms with E-state index in [0.29, 0.717) is 30.0 Å². The molecule has 0 aromatic heterocycles. The van der Waals surface area contributed by atoms with E-state index < -0.39 is 0 Å². The topological polar surface area (TPSA) is 32.3 Å². The van der Waals surface area contributed by atoms with Crippen LogP contribution in [0.2, 0.25) is 0 Å². The molecule has 1 amide bonds. The highest BCUT2D eigenvalue weighted by atomic mass is 16.2. The smallest absolute Gasteiger partial charge is 0.223 e. The molecule has 3 nitrogen and oxygen atoms in total. The van der Waals surface area contributed by atoms with Crippen LogP contribution < -0.4 is 5.32 Å². The van der Waals surface area contributed by atoms with Crippen molar-refractivity contribution in [2.75, 3.05) is 0 Å². The van der Waals surface area contributed by atoms with Crippen molar-refractivity contribution in [2.24, 2.45) is 5.92 Å². The molecule has 1 saturated carbocycles. The van der Waals surface area contributed by atoms with E-state index in [1.807, 2.05) is 0 Å². The third-order valence-electron chi connectivity index (χ3n) is 5.51. The SMILES string of the molecule is BC1(NC(C)C)CCCCCCC2C(CC(=O)N2C(C)C)C1. The van der Waals surface area contributed by atoms with Crippen LogP contribution in [0.25, 0.3) is 0 Å². The van der Waals surface area contributed by atoms with Gasteiger partial charge in [0.25, 0.3) is 0 Å². The summed E-state index contributed by atoms with van der Waals surface area (Å²) in [5.41, 5.74) is 0.182. The highest BCUT2D eigenvalue weighted by Crippen LogP contribution is 2.38. The van der Waals surface area contributed by atoms with Crippen LogP contribution in [0, 0.1) is 5.92 Å². The van der Waals surface area contributed by atoms with Gasteiger partial charge in [-0.15, -0.1) is 0 Å². The van der Waals surface area contributed by atoms with Crippen molar-refractivity contribution in [3.63, 3.8) is 0 Å². The molecule has 2 aliphatic rings. The van der Waals surface area contributed by atoms with Crippen molar-refractivity contribution < 1.29 is 4.79 Å². The van der Waals surface area contributed by atoms with Crippen molar-refractivity contribution in [1.82, 2.24) is 10.2 Å². The molecule has 3 unspecified atom stereocenters. The fourth-order valence-electron chi connectivity index (χ4n) is 4.86. The number of carbonyl (C=O) groups is 1. The minimum absolute atomic E-state index is 0.182. The van der Waals surface area contributed by atoms with Crippen molar-refractivity contribution in [1.29, 1.82) is 0 Å². The lowest BCUT2D eigenvalue weighted by Gasteiger charge is -2.39. The van der Waals surface area contributed by atoms with E-state index in [0.717, 1.165) is 12.8 Å². The molecule has 0 bridgehead atoms. The van der Waals surface area contributed by atoms with Gasteiger partial charge in [0.2, 0.25) is 5.91 Å². The summed E-state index contributed by atoms with van der Waals surface area (Å²) in [5.74, 6) is 0.917. The first-order chi connectivity index (χ1) is 10.3. The minimum Gasteiger partial charge on any atom is -0.337 e. The zero-order valence-corrected chi connectivity index (χ0v) is 15.3. The van der Waals surface area contributed by atoms with Crippen LogP contribution in [0.3, 0.4) is 0 Å². The lowest BCUT2D eigenvalue weighted by atomic mass is 9.66. The average Bonchev–Trinajstić information content (AvgIpc) is 2.68. The van der Waals surface area contributed by atoms with Gasteiger partial charge in [-0.3, -0.25) is 4.79 Å². The Morgan fingerprint density at radius 1 is 1.18 bits per heavy atom. The highest BCUT2D eigenvalue weighted by Gasteiger charge is 2.43. The first-order valence-electron chi connectivity index (χ1n) is 9.41. The quantitative estimate of drug-likeness (QED) is 0.813. The predicted molar refractivity (Wildman–Crippen MR) is 95.7 cm³/mol. The summed E-state index contributed by atoms with van der Waals surface area (Å²) < 4.78 is 0. The average molecular weight is 306 g/mol. The molecule has 2 rings (SSSR count). The number of nitrogens with one attached hydrogen (secondary N) is 1. The number of hydrogen-bond donors (Lipinski definition) is 1. The normalized spacial score (nSPS) is 34.3. The molecule has 0 aromatic carbocycles. The van der Waals surface area contributed by atoms with Crippen LogP contribution in [0.5, 0.6) is 0 Å². The van der Waals surface area contributed by atoms with Gasteiger partial charge in [0.05, 0.1) is 0 Å². The molecular formula is C18H35BN2O. The summed E-state index contributed by atoms with van der Waals surface area (Å²) >= 11 is 0. The molecule has 1 aliphatic heterocycles. The lowest BCUT2D eigenvalue weighted by molar-refractivity contribution is -0.130. The zero-order valence-electron chi connectivity index (χ0n) is 15.3. The molecule has 0 radical (unpaired) electrons. The number of fused-ring (bicyclic) bond motifs is 1. The number of nitrogens with zero attached hydrogens (tertiary/aromatic N) is 1.